The van der Waals surface area contributed by atoms with Gasteiger partial charge in [0.25, 0.3) is 0 Å². The molecule has 7 heteroatoms. The summed E-state index contributed by atoms with van der Waals surface area (Å²) in [6.07, 6.45) is 0.726. The minimum atomic E-state index is -3.79. The van der Waals surface area contributed by atoms with Crippen LogP contribution >= 0.6 is 0 Å². The van der Waals surface area contributed by atoms with Crippen molar-refractivity contribution >= 4 is 29.1 Å². The first kappa shape index (κ1) is 23.9. The maximum atomic E-state index is 13.4. The van der Waals surface area contributed by atoms with Gasteiger partial charge in [0.05, 0.1) is 25.6 Å². The predicted octanol–water partition coefficient (Wildman–Crippen LogP) is 3.19. The van der Waals surface area contributed by atoms with Crippen molar-refractivity contribution in [3.63, 3.8) is 0 Å². The number of aliphatic hydroxyl groups excluding tert-OH is 1. The van der Waals surface area contributed by atoms with Gasteiger partial charge in [0.2, 0.25) is 10.0 Å². The molecule has 3 atom stereocenters. The molecule has 2 aromatic carbocycles. The van der Waals surface area contributed by atoms with E-state index in [9.17, 15) is 18.3 Å². The highest BCUT2D eigenvalue weighted by Gasteiger charge is 2.48. The average Bonchev–Trinajstić information content (AvgIpc) is 3.13. The molecule has 3 rings (SSSR count). The van der Waals surface area contributed by atoms with Crippen molar-refractivity contribution in [2.45, 2.75) is 50.3 Å². The van der Waals surface area contributed by atoms with Crippen molar-refractivity contribution in [1.82, 2.24) is 4.31 Å². The van der Waals surface area contributed by atoms with E-state index in [-0.39, 0.29) is 29.7 Å². The number of carbonyl (C=O) groups is 1. The van der Waals surface area contributed by atoms with E-state index in [1.54, 1.807) is 24.3 Å². The smallest absolute Gasteiger partial charge is 0.243 e. The van der Waals surface area contributed by atoms with Crippen LogP contribution in [0.1, 0.15) is 18.9 Å². The topological polar surface area (TPSA) is 74.7 Å². The van der Waals surface area contributed by atoms with Crippen LogP contribution in [0.15, 0.2) is 59.5 Å². The number of hydrogen-bond donors (Lipinski definition) is 1. The molecule has 0 aliphatic carbocycles. The van der Waals surface area contributed by atoms with Crippen molar-refractivity contribution in [3.8, 4) is 0 Å². The third kappa shape index (κ3) is 5.00. The van der Waals surface area contributed by atoms with Gasteiger partial charge in [-0.3, -0.25) is 4.79 Å². The number of aryl methyl sites for hydroxylation is 1. The fraction of sp³-hybridized carbons (Fsp3) is 0.458. The minimum absolute atomic E-state index is 0.00996. The normalized spacial score (nSPS) is 22.5. The lowest BCUT2D eigenvalue weighted by Gasteiger charge is -2.29. The van der Waals surface area contributed by atoms with Gasteiger partial charge in [-0.15, -0.1) is 0 Å². The summed E-state index contributed by atoms with van der Waals surface area (Å²) in [4.78, 5) is 12.7. The number of rotatable bonds is 8. The molecule has 5 nitrogen and oxygen atoms in total. The molecule has 0 bridgehead atoms. The lowest BCUT2D eigenvalue weighted by Crippen LogP contribution is -2.43. The van der Waals surface area contributed by atoms with E-state index < -0.39 is 30.1 Å². The van der Waals surface area contributed by atoms with E-state index in [4.69, 9.17) is 0 Å². The molecule has 0 amide bonds. The fourth-order valence-corrected chi connectivity index (χ4v) is 8.81. The highest BCUT2D eigenvalue weighted by molar-refractivity contribution is 7.89. The van der Waals surface area contributed by atoms with Gasteiger partial charge in [-0.05, 0) is 31.9 Å². The van der Waals surface area contributed by atoms with Crippen LogP contribution in [0, 0.1) is 18.8 Å². The Balaban J connectivity index is 1.87. The van der Waals surface area contributed by atoms with Gasteiger partial charge in [-0.25, -0.2) is 8.42 Å². The molecular weight excluding hydrogens is 426 g/mol. The van der Waals surface area contributed by atoms with E-state index in [1.165, 1.54) is 16.4 Å². The second kappa shape index (κ2) is 9.36. The Labute approximate surface area is 187 Å². The quantitative estimate of drug-likeness (QED) is 0.615. The summed E-state index contributed by atoms with van der Waals surface area (Å²) in [6, 6.07) is 17.5. The number of nitrogens with zero attached hydrogens (tertiary/aromatic N) is 1. The molecule has 0 saturated carbocycles. The van der Waals surface area contributed by atoms with Gasteiger partial charge >= 0.3 is 0 Å². The van der Waals surface area contributed by atoms with Crippen molar-refractivity contribution < 1.29 is 18.3 Å². The largest absolute Gasteiger partial charge is 0.395 e. The Bertz CT molecular complexity index is 1010. The Hall–Kier alpha value is -1.80. The number of sulfonamides is 1. The Kier molecular flexibility index (Phi) is 7.20. The first-order valence-electron chi connectivity index (χ1n) is 10.8. The summed E-state index contributed by atoms with van der Waals surface area (Å²) in [5, 5.41) is 11.5. The van der Waals surface area contributed by atoms with Crippen LogP contribution in [0.2, 0.25) is 19.1 Å². The zero-order chi connectivity index (χ0) is 22.8. The molecule has 1 fully saturated rings. The number of aliphatic hydroxyl groups is 1. The Morgan fingerprint density at radius 2 is 1.71 bits per heavy atom. The predicted molar refractivity (Wildman–Crippen MR) is 127 cm³/mol. The van der Waals surface area contributed by atoms with Crippen molar-refractivity contribution in [3.05, 3.63) is 60.2 Å². The lowest BCUT2D eigenvalue weighted by atomic mass is 9.86. The first-order valence-corrected chi connectivity index (χ1v) is 15.5. The summed E-state index contributed by atoms with van der Waals surface area (Å²) in [6.45, 7) is 7.89. The molecule has 2 aromatic rings. The second-order valence-electron chi connectivity index (χ2n) is 9.31. The molecule has 0 radical (unpaired) electrons. The monoisotopic (exact) mass is 459 g/mol. The summed E-state index contributed by atoms with van der Waals surface area (Å²) >= 11 is 0. The van der Waals surface area contributed by atoms with Crippen molar-refractivity contribution in [2.24, 2.45) is 11.8 Å². The van der Waals surface area contributed by atoms with Crippen LogP contribution in [-0.2, 0) is 14.8 Å². The Morgan fingerprint density at radius 3 is 2.26 bits per heavy atom. The molecule has 0 aromatic heterocycles. The summed E-state index contributed by atoms with van der Waals surface area (Å²) < 4.78 is 28.1. The summed E-state index contributed by atoms with van der Waals surface area (Å²) in [5.41, 5.74) is 0.978. The van der Waals surface area contributed by atoms with Crippen LogP contribution in [0.5, 0.6) is 0 Å². The zero-order valence-corrected chi connectivity index (χ0v) is 20.6. The highest BCUT2D eigenvalue weighted by Crippen LogP contribution is 2.38. The lowest BCUT2D eigenvalue weighted by molar-refractivity contribution is -0.121. The number of hydrogen-bond acceptors (Lipinski definition) is 4. The van der Waals surface area contributed by atoms with E-state index in [0.717, 1.165) is 18.0 Å². The SMILES string of the molecule is CC(=O)[C@@H]1CN(S(=O)(=O)c2ccc(C)cc2)[C@@H](CO)[C@@H]1CC[Si](C)(C)c1ccccc1. The van der Waals surface area contributed by atoms with E-state index >= 15 is 0 Å². The van der Waals surface area contributed by atoms with E-state index in [1.807, 2.05) is 25.1 Å². The number of Topliss-reactive ketones (excluding diaryl/α,β-unsaturated/α-hetero) is 1. The average molecular weight is 460 g/mol. The van der Waals surface area contributed by atoms with Gasteiger partial charge in [-0.2, -0.15) is 4.31 Å². The van der Waals surface area contributed by atoms with Gasteiger partial charge in [0, 0.05) is 12.5 Å². The third-order valence-corrected chi connectivity index (χ3v) is 12.1. The van der Waals surface area contributed by atoms with Crippen molar-refractivity contribution in [1.29, 1.82) is 0 Å². The van der Waals surface area contributed by atoms with Gasteiger partial charge in [-0.1, -0.05) is 78.8 Å². The standard InChI is InChI=1S/C24H33NO4SSi/c1-18-10-12-20(13-11-18)30(28,29)25-16-23(19(2)27)22(24(25)17-26)14-15-31(3,4)21-8-6-5-7-9-21/h5-13,22-24,26H,14-17H2,1-4H3/t22-,23+,24+/m1/s1. The minimum Gasteiger partial charge on any atom is -0.395 e. The van der Waals surface area contributed by atoms with Gasteiger partial charge in [0.1, 0.15) is 5.78 Å². The molecule has 1 N–H and O–H groups in total. The molecule has 0 unspecified atom stereocenters. The van der Waals surface area contributed by atoms with Crippen LogP contribution < -0.4 is 5.19 Å². The summed E-state index contributed by atoms with van der Waals surface area (Å²) in [5.74, 6) is -0.583. The fourth-order valence-electron chi connectivity index (χ4n) is 4.68. The molecule has 31 heavy (non-hydrogen) atoms. The van der Waals surface area contributed by atoms with Crippen LogP contribution in [0.3, 0.4) is 0 Å². The molecule has 0 spiro atoms. The molecule has 168 valence electrons. The molecule has 1 aliphatic heterocycles. The van der Waals surface area contributed by atoms with E-state index in [2.05, 4.69) is 25.2 Å². The zero-order valence-electron chi connectivity index (χ0n) is 18.8. The number of ketones is 1. The summed E-state index contributed by atoms with van der Waals surface area (Å²) in [7, 11) is -5.54. The van der Waals surface area contributed by atoms with Gasteiger partial charge in [0.15, 0.2) is 0 Å². The Morgan fingerprint density at radius 1 is 1.10 bits per heavy atom. The third-order valence-electron chi connectivity index (χ3n) is 6.75. The van der Waals surface area contributed by atoms with Gasteiger partial charge < -0.3 is 5.11 Å². The molecule has 1 saturated heterocycles. The maximum absolute atomic E-state index is 13.4. The highest BCUT2D eigenvalue weighted by atomic mass is 32.2. The van der Waals surface area contributed by atoms with Crippen LogP contribution in [0.4, 0.5) is 0 Å². The van der Waals surface area contributed by atoms with Crippen molar-refractivity contribution in [2.75, 3.05) is 13.2 Å². The molecule has 1 heterocycles. The second-order valence-corrected chi connectivity index (χ2v) is 16.0. The van der Waals surface area contributed by atoms with Crippen LogP contribution in [-0.4, -0.2) is 50.9 Å². The van der Waals surface area contributed by atoms with E-state index in [0.29, 0.717) is 0 Å². The number of carbonyl (C=O) groups excluding carboxylic acids is 1. The first-order chi connectivity index (χ1) is 14.6. The number of benzene rings is 2. The molecule has 1 aliphatic rings. The van der Waals surface area contributed by atoms with Crippen LogP contribution in [0.25, 0.3) is 0 Å². The molecular formula is C24H33NO4SSi. The maximum Gasteiger partial charge on any atom is 0.243 e.